The topological polar surface area (TPSA) is 58.6 Å². The summed E-state index contributed by atoms with van der Waals surface area (Å²) in [6.07, 6.45) is 1.80. The molecule has 5 aromatic rings. The van der Waals surface area contributed by atoms with Gasteiger partial charge < -0.3 is 4.98 Å². The molecule has 0 aliphatic carbocycles. The maximum absolute atomic E-state index is 12.1. The lowest BCUT2D eigenvalue weighted by molar-refractivity contribution is 1.19. The minimum Gasteiger partial charge on any atom is -0.306 e. The van der Waals surface area contributed by atoms with Crippen molar-refractivity contribution < 1.29 is 0 Å². The molecule has 1 N–H and O–H groups in total. The Labute approximate surface area is 161 Å². The molecule has 3 aromatic heterocycles. The van der Waals surface area contributed by atoms with Crippen molar-refractivity contribution in [1.29, 1.82) is 0 Å². The van der Waals surface area contributed by atoms with E-state index in [1.807, 2.05) is 55.5 Å². The first-order chi connectivity index (χ1) is 13.7. The number of pyridine rings is 3. The van der Waals surface area contributed by atoms with Gasteiger partial charge in [-0.2, -0.15) is 0 Å². The molecule has 0 unspecified atom stereocenters. The van der Waals surface area contributed by atoms with E-state index in [4.69, 9.17) is 4.98 Å². The summed E-state index contributed by atoms with van der Waals surface area (Å²) in [6, 6.07) is 24.3. The van der Waals surface area contributed by atoms with Crippen LogP contribution >= 0.6 is 0 Å². The lowest BCUT2D eigenvalue weighted by Gasteiger charge is -2.12. The van der Waals surface area contributed by atoms with E-state index in [-0.39, 0.29) is 5.56 Å². The maximum Gasteiger partial charge on any atom is 0.252 e. The highest BCUT2D eigenvalue weighted by Gasteiger charge is 2.13. The van der Waals surface area contributed by atoms with Gasteiger partial charge in [0.15, 0.2) is 0 Å². The van der Waals surface area contributed by atoms with Crippen LogP contribution in [0.2, 0.25) is 0 Å². The molecule has 0 radical (unpaired) electrons. The zero-order chi connectivity index (χ0) is 19.1. The minimum atomic E-state index is -0.108. The normalized spacial score (nSPS) is 11.2. The lowest BCUT2D eigenvalue weighted by atomic mass is 9.97. The van der Waals surface area contributed by atoms with Gasteiger partial charge in [-0.05, 0) is 42.8 Å². The van der Waals surface area contributed by atoms with Crippen molar-refractivity contribution in [2.24, 2.45) is 0 Å². The molecule has 0 fully saturated rings. The number of aromatic nitrogens is 3. The highest BCUT2D eigenvalue weighted by atomic mass is 16.1. The van der Waals surface area contributed by atoms with Gasteiger partial charge in [-0.3, -0.25) is 9.78 Å². The molecule has 0 saturated carbocycles. The second-order valence-corrected chi connectivity index (χ2v) is 6.88. The van der Waals surface area contributed by atoms with Crippen LogP contribution in [0, 0.1) is 6.92 Å². The molecule has 4 nitrogen and oxygen atoms in total. The number of H-pyrrole nitrogens is 1. The quantitative estimate of drug-likeness (QED) is 0.474. The Morgan fingerprint density at radius 1 is 0.821 bits per heavy atom. The molecule has 5 rings (SSSR count). The van der Waals surface area contributed by atoms with Crippen LogP contribution in [0.15, 0.2) is 83.8 Å². The predicted molar refractivity (Wildman–Crippen MR) is 113 cm³/mol. The van der Waals surface area contributed by atoms with Gasteiger partial charge in [-0.15, -0.1) is 0 Å². The van der Waals surface area contributed by atoms with Gasteiger partial charge in [0.25, 0.3) is 5.56 Å². The number of fused-ring (bicyclic) bond motifs is 2. The molecule has 0 spiro atoms. The van der Waals surface area contributed by atoms with Crippen molar-refractivity contribution in [3.05, 3.63) is 94.9 Å². The summed E-state index contributed by atoms with van der Waals surface area (Å²) in [5, 5.41) is 2.00. The molecule has 0 aliphatic heterocycles. The van der Waals surface area contributed by atoms with Crippen molar-refractivity contribution in [2.75, 3.05) is 0 Å². The SMILES string of the molecule is Cc1cc2cc(-c3ccc4ncccc4c3)c(-c3ccccc3)nc2[nH]c1=O. The third-order valence-corrected chi connectivity index (χ3v) is 4.98. The fourth-order valence-electron chi connectivity index (χ4n) is 3.52. The molecule has 0 amide bonds. The Kier molecular flexibility index (Phi) is 3.76. The van der Waals surface area contributed by atoms with Gasteiger partial charge in [-0.25, -0.2) is 4.98 Å². The largest absolute Gasteiger partial charge is 0.306 e. The van der Waals surface area contributed by atoms with Crippen molar-refractivity contribution in [3.63, 3.8) is 0 Å². The highest BCUT2D eigenvalue weighted by Crippen LogP contribution is 2.34. The number of aromatic amines is 1. The average molecular weight is 363 g/mol. The van der Waals surface area contributed by atoms with Crippen molar-refractivity contribution in [3.8, 4) is 22.4 Å². The number of nitrogens with zero attached hydrogens (tertiary/aromatic N) is 2. The molecule has 0 atom stereocenters. The van der Waals surface area contributed by atoms with Gasteiger partial charge in [0, 0.05) is 33.7 Å². The predicted octanol–water partition coefficient (Wildman–Crippen LogP) is 5.11. The summed E-state index contributed by atoms with van der Waals surface area (Å²) in [6.45, 7) is 1.81. The molecule has 4 heteroatoms. The minimum absolute atomic E-state index is 0.108. The first-order valence-corrected chi connectivity index (χ1v) is 9.14. The number of benzene rings is 2. The van der Waals surface area contributed by atoms with Crippen LogP contribution in [0.5, 0.6) is 0 Å². The van der Waals surface area contributed by atoms with Crippen molar-refractivity contribution >= 4 is 21.9 Å². The second kappa shape index (κ2) is 6.43. The summed E-state index contributed by atoms with van der Waals surface area (Å²) in [7, 11) is 0. The van der Waals surface area contributed by atoms with Gasteiger partial charge in [-0.1, -0.05) is 42.5 Å². The standard InChI is InChI=1S/C24H17N3O/c1-15-12-19-14-20(17-9-10-21-18(13-17)8-5-11-25-21)22(16-6-3-2-4-7-16)26-23(19)27-24(15)28/h2-14H,1H3,(H,26,27,28). The Hall–Kier alpha value is -3.79. The second-order valence-electron chi connectivity index (χ2n) is 6.88. The van der Waals surface area contributed by atoms with E-state index in [1.165, 1.54) is 0 Å². The lowest BCUT2D eigenvalue weighted by Crippen LogP contribution is -2.09. The fourth-order valence-corrected chi connectivity index (χ4v) is 3.52. The van der Waals surface area contributed by atoms with Crippen LogP contribution in [0.4, 0.5) is 0 Å². The Morgan fingerprint density at radius 3 is 2.54 bits per heavy atom. The van der Waals surface area contributed by atoms with Gasteiger partial charge in [0.2, 0.25) is 0 Å². The first kappa shape index (κ1) is 16.4. The number of nitrogens with one attached hydrogen (secondary N) is 1. The molecular formula is C24H17N3O. The molecular weight excluding hydrogens is 346 g/mol. The number of hydrogen-bond acceptors (Lipinski definition) is 3. The summed E-state index contributed by atoms with van der Waals surface area (Å²) in [4.78, 5) is 24.2. The average Bonchev–Trinajstić information content (AvgIpc) is 2.74. The van der Waals surface area contributed by atoms with Crippen molar-refractivity contribution in [2.45, 2.75) is 6.92 Å². The van der Waals surface area contributed by atoms with Crippen LogP contribution in [0.3, 0.4) is 0 Å². The summed E-state index contributed by atoms with van der Waals surface area (Å²) in [5.74, 6) is 0. The van der Waals surface area contributed by atoms with Crippen LogP contribution in [-0.2, 0) is 0 Å². The number of aryl methyl sites for hydroxylation is 1. The van der Waals surface area contributed by atoms with E-state index in [9.17, 15) is 4.79 Å². The number of rotatable bonds is 2. The molecule has 0 aliphatic rings. The molecule has 134 valence electrons. The zero-order valence-electron chi connectivity index (χ0n) is 15.3. The Bertz CT molecular complexity index is 1390. The Balaban J connectivity index is 1.84. The van der Waals surface area contributed by atoms with Crippen LogP contribution in [0.25, 0.3) is 44.3 Å². The smallest absolute Gasteiger partial charge is 0.252 e. The van der Waals surface area contributed by atoms with Crippen LogP contribution < -0.4 is 5.56 Å². The number of hydrogen-bond donors (Lipinski definition) is 1. The third kappa shape index (κ3) is 2.76. The summed E-state index contributed by atoms with van der Waals surface area (Å²) < 4.78 is 0. The Morgan fingerprint density at radius 2 is 1.68 bits per heavy atom. The van der Waals surface area contributed by atoms with Gasteiger partial charge >= 0.3 is 0 Å². The monoisotopic (exact) mass is 363 g/mol. The zero-order valence-corrected chi connectivity index (χ0v) is 15.3. The van der Waals surface area contributed by atoms with E-state index in [0.29, 0.717) is 11.2 Å². The van der Waals surface area contributed by atoms with E-state index in [1.54, 1.807) is 6.20 Å². The maximum atomic E-state index is 12.1. The summed E-state index contributed by atoms with van der Waals surface area (Å²) >= 11 is 0. The van der Waals surface area contributed by atoms with Gasteiger partial charge in [0.05, 0.1) is 11.2 Å². The molecule has 2 aromatic carbocycles. The van der Waals surface area contributed by atoms with E-state index < -0.39 is 0 Å². The van der Waals surface area contributed by atoms with E-state index in [2.05, 4.69) is 34.2 Å². The molecule has 0 bridgehead atoms. The van der Waals surface area contributed by atoms with Crippen molar-refractivity contribution in [1.82, 2.24) is 15.0 Å². The van der Waals surface area contributed by atoms with E-state index >= 15 is 0 Å². The molecule has 3 heterocycles. The fraction of sp³-hybridized carbons (Fsp3) is 0.0417. The van der Waals surface area contributed by atoms with Crippen LogP contribution in [0.1, 0.15) is 5.56 Å². The molecule has 28 heavy (non-hydrogen) atoms. The third-order valence-electron chi connectivity index (χ3n) is 4.98. The summed E-state index contributed by atoms with van der Waals surface area (Å²) in [5.41, 5.74) is 6.07. The molecule has 0 saturated heterocycles. The van der Waals surface area contributed by atoms with E-state index in [0.717, 1.165) is 38.7 Å². The van der Waals surface area contributed by atoms with Gasteiger partial charge in [0.1, 0.15) is 5.65 Å². The highest BCUT2D eigenvalue weighted by molar-refractivity contribution is 5.93. The van der Waals surface area contributed by atoms with Crippen LogP contribution in [-0.4, -0.2) is 15.0 Å². The first-order valence-electron chi connectivity index (χ1n) is 9.14.